The normalized spacial score (nSPS) is 11.1. The zero-order valence-corrected chi connectivity index (χ0v) is 16.6. The zero-order valence-electron chi connectivity index (χ0n) is 15.9. The molecule has 6 heteroatoms. The van der Waals surface area contributed by atoms with Gasteiger partial charge in [-0.3, -0.25) is 9.48 Å². The SMILES string of the molecule is CN(CCCC(=O)O)Cc1cn(Cc2ccccc2Cl)nc1-c1ccccc1. The van der Waals surface area contributed by atoms with Gasteiger partial charge in [-0.05, 0) is 31.6 Å². The number of aromatic nitrogens is 2. The molecule has 3 rings (SSSR count). The molecule has 146 valence electrons. The van der Waals surface area contributed by atoms with Gasteiger partial charge in [0.2, 0.25) is 0 Å². The number of carbonyl (C=O) groups is 1. The highest BCUT2D eigenvalue weighted by Crippen LogP contribution is 2.24. The Morgan fingerprint density at radius 2 is 1.82 bits per heavy atom. The van der Waals surface area contributed by atoms with Crippen molar-refractivity contribution in [1.82, 2.24) is 14.7 Å². The Morgan fingerprint density at radius 3 is 2.54 bits per heavy atom. The first kappa shape index (κ1) is 20.1. The summed E-state index contributed by atoms with van der Waals surface area (Å²) in [7, 11) is 2.00. The van der Waals surface area contributed by atoms with Gasteiger partial charge in [0.25, 0.3) is 0 Å². The van der Waals surface area contributed by atoms with E-state index in [0.29, 0.717) is 19.5 Å². The van der Waals surface area contributed by atoms with Gasteiger partial charge in [0, 0.05) is 35.3 Å². The van der Waals surface area contributed by atoms with Crippen LogP contribution in [0.2, 0.25) is 5.02 Å². The molecule has 0 radical (unpaired) electrons. The molecule has 0 aliphatic rings. The maximum absolute atomic E-state index is 10.7. The summed E-state index contributed by atoms with van der Waals surface area (Å²) in [6.45, 7) is 2.02. The van der Waals surface area contributed by atoms with Crippen molar-refractivity contribution in [3.8, 4) is 11.3 Å². The minimum Gasteiger partial charge on any atom is -0.481 e. The number of carboxylic acids is 1. The number of hydrogen-bond acceptors (Lipinski definition) is 3. The Bertz CT molecular complexity index is 925. The van der Waals surface area contributed by atoms with Gasteiger partial charge in [-0.25, -0.2) is 0 Å². The molecule has 2 aromatic carbocycles. The van der Waals surface area contributed by atoms with E-state index in [4.69, 9.17) is 21.8 Å². The first-order valence-electron chi connectivity index (χ1n) is 9.28. The van der Waals surface area contributed by atoms with E-state index in [1.165, 1.54) is 0 Å². The van der Waals surface area contributed by atoms with Crippen molar-refractivity contribution < 1.29 is 9.90 Å². The van der Waals surface area contributed by atoms with Gasteiger partial charge in [0.1, 0.15) is 0 Å². The molecule has 0 fully saturated rings. The van der Waals surface area contributed by atoms with Crippen LogP contribution in [0.5, 0.6) is 0 Å². The fourth-order valence-electron chi connectivity index (χ4n) is 3.17. The molecule has 0 atom stereocenters. The van der Waals surface area contributed by atoms with Crippen LogP contribution < -0.4 is 0 Å². The highest BCUT2D eigenvalue weighted by atomic mass is 35.5. The second kappa shape index (κ2) is 9.53. The van der Waals surface area contributed by atoms with Gasteiger partial charge in [0.05, 0.1) is 12.2 Å². The van der Waals surface area contributed by atoms with Crippen LogP contribution in [0.15, 0.2) is 60.8 Å². The summed E-state index contributed by atoms with van der Waals surface area (Å²) >= 11 is 6.31. The third-order valence-corrected chi connectivity index (χ3v) is 4.91. The maximum atomic E-state index is 10.7. The molecule has 1 aromatic heterocycles. The van der Waals surface area contributed by atoms with Crippen LogP contribution in [0.4, 0.5) is 0 Å². The van der Waals surface area contributed by atoms with Crippen LogP contribution in [0.25, 0.3) is 11.3 Å². The molecular formula is C22H24ClN3O2. The lowest BCUT2D eigenvalue weighted by Crippen LogP contribution is -2.20. The van der Waals surface area contributed by atoms with Crippen molar-refractivity contribution >= 4 is 17.6 Å². The summed E-state index contributed by atoms with van der Waals surface area (Å²) in [4.78, 5) is 12.9. The lowest BCUT2D eigenvalue weighted by molar-refractivity contribution is -0.137. The van der Waals surface area contributed by atoms with E-state index in [1.807, 2.05) is 54.2 Å². The van der Waals surface area contributed by atoms with E-state index in [1.54, 1.807) is 0 Å². The fraction of sp³-hybridized carbons (Fsp3) is 0.273. The molecule has 5 nitrogen and oxygen atoms in total. The third kappa shape index (κ3) is 5.44. The number of carboxylic acid groups (broad SMARTS) is 1. The van der Waals surface area contributed by atoms with Crippen LogP contribution in [-0.4, -0.2) is 39.3 Å². The van der Waals surface area contributed by atoms with Crippen molar-refractivity contribution in [2.45, 2.75) is 25.9 Å². The zero-order chi connectivity index (χ0) is 19.9. The Morgan fingerprint density at radius 1 is 1.11 bits per heavy atom. The highest BCUT2D eigenvalue weighted by molar-refractivity contribution is 6.31. The van der Waals surface area contributed by atoms with Crippen LogP contribution in [0, 0.1) is 0 Å². The van der Waals surface area contributed by atoms with Crippen molar-refractivity contribution in [2.24, 2.45) is 0 Å². The number of aliphatic carboxylic acids is 1. The molecule has 0 bridgehead atoms. The molecule has 0 spiro atoms. The average molecular weight is 398 g/mol. The van der Waals surface area contributed by atoms with E-state index in [9.17, 15) is 4.79 Å². The summed E-state index contributed by atoms with van der Waals surface area (Å²) in [5, 5.41) is 14.4. The lowest BCUT2D eigenvalue weighted by Gasteiger charge is -2.15. The molecule has 28 heavy (non-hydrogen) atoms. The number of nitrogens with zero attached hydrogens (tertiary/aromatic N) is 3. The minimum absolute atomic E-state index is 0.182. The maximum Gasteiger partial charge on any atom is 0.303 e. The molecular weight excluding hydrogens is 374 g/mol. The van der Waals surface area contributed by atoms with E-state index in [0.717, 1.165) is 34.0 Å². The average Bonchev–Trinajstić information content (AvgIpc) is 3.06. The standard InChI is InChI=1S/C22H24ClN3O2/c1-25(13-7-12-21(27)28)14-19-16-26(15-18-10-5-6-11-20(18)23)24-22(19)17-8-3-2-4-9-17/h2-6,8-11,16H,7,12-15H2,1H3,(H,27,28). The Balaban J connectivity index is 1.82. The van der Waals surface area contributed by atoms with Crippen LogP contribution in [-0.2, 0) is 17.9 Å². The minimum atomic E-state index is -0.758. The number of hydrogen-bond donors (Lipinski definition) is 1. The molecule has 1 heterocycles. The Kier molecular flexibility index (Phi) is 6.85. The molecule has 0 aliphatic heterocycles. The molecule has 0 amide bonds. The Hall–Kier alpha value is -2.63. The van der Waals surface area contributed by atoms with E-state index >= 15 is 0 Å². The first-order chi connectivity index (χ1) is 13.5. The molecule has 0 unspecified atom stereocenters. The summed E-state index contributed by atoms with van der Waals surface area (Å²) in [5.41, 5.74) is 4.14. The summed E-state index contributed by atoms with van der Waals surface area (Å²) in [5.74, 6) is -0.758. The van der Waals surface area contributed by atoms with Gasteiger partial charge >= 0.3 is 5.97 Å². The van der Waals surface area contributed by atoms with Crippen molar-refractivity contribution in [2.75, 3.05) is 13.6 Å². The van der Waals surface area contributed by atoms with Gasteiger partial charge in [-0.15, -0.1) is 0 Å². The smallest absolute Gasteiger partial charge is 0.303 e. The van der Waals surface area contributed by atoms with E-state index < -0.39 is 5.97 Å². The summed E-state index contributed by atoms with van der Waals surface area (Å²) < 4.78 is 1.92. The Labute approximate surface area is 170 Å². The fourth-order valence-corrected chi connectivity index (χ4v) is 3.37. The van der Waals surface area contributed by atoms with Crippen LogP contribution in [0.1, 0.15) is 24.0 Å². The second-order valence-electron chi connectivity index (χ2n) is 6.89. The predicted molar refractivity (Wildman–Crippen MR) is 111 cm³/mol. The van der Waals surface area contributed by atoms with Gasteiger partial charge < -0.3 is 10.0 Å². The molecule has 0 saturated carbocycles. The number of rotatable bonds is 9. The third-order valence-electron chi connectivity index (χ3n) is 4.55. The van der Waals surface area contributed by atoms with Crippen molar-refractivity contribution in [3.05, 3.63) is 76.9 Å². The van der Waals surface area contributed by atoms with E-state index in [-0.39, 0.29) is 6.42 Å². The lowest BCUT2D eigenvalue weighted by atomic mass is 10.1. The van der Waals surface area contributed by atoms with Crippen LogP contribution >= 0.6 is 11.6 Å². The van der Waals surface area contributed by atoms with Crippen LogP contribution in [0.3, 0.4) is 0 Å². The van der Waals surface area contributed by atoms with Crippen molar-refractivity contribution in [3.63, 3.8) is 0 Å². The predicted octanol–water partition coefficient (Wildman–Crippen LogP) is 4.55. The topological polar surface area (TPSA) is 58.4 Å². The molecule has 0 aliphatic carbocycles. The van der Waals surface area contributed by atoms with Gasteiger partial charge in [-0.1, -0.05) is 60.1 Å². The van der Waals surface area contributed by atoms with Crippen molar-refractivity contribution in [1.29, 1.82) is 0 Å². The summed E-state index contributed by atoms with van der Waals surface area (Å²) in [6.07, 6.45) is 2.86. The molecule has 3 aromatic rings. The largest absolute Gasteiger partial charge is 0.481 e. The second-order valence-corrected chi connectivity index (χ2v) is 7.30. The van der Waals surface area contributed by atoms with E-state index in [2.05, 4.69) is 23.2 Å². The molecule has 1 N–H and O–H groups in total. The number of halogens is 1. The van der Waals surface area contributed by atoms with Gasteiger partial charge in [0.15, 0.2) is 0 Å². The summed E-state index contributed by atoms with van der Waals surface area (Å²) in [6, 6.07) is 17.9. The highest BCUT2D eigenvalue weighted by Gasteiger charge is 2.14. The first-order valence-corrected chi connectivity index (χ1v) is 9.66. The molecule has 0 saturated heterocycles. The monoisotopic (exact) mass is 397 g/mol. The van der Waals surface area contributed by atoms with Gasteiger partial charge in [-0.2, -0.15) is 5.10 Å². The quantitative estimate of drug-likeness (QED) is 0.575. The number of benzene rings is 2.